The van der Waals surface area contributed by atoms with Crippen LogP contribution in [0.4, 0.5) is 0 Å². The number of rotatable bonds is 2. The van der Waals surface area contributed by atoms with Crippen LogP contribution in [0.15, 0.2) is 35.4 Å². The van der Waals surface area contributed by atoms with Crippen LogP contribution in [0.3, 0.4) is 0 Å². The zero-order valence-corrected chi connectivity index (χ0v) is 13.3. The average molecular weight is 325 g/mol. The van der Waals surface area contributed by atoms with Crippen molar-refractivity contribution < 1.29 is 9.53 Å². The number of aromatic nitrogens is 2. The molecule has 24 heavy (non-hydrogen) atoms. The first-order valence-electron chi connectivity index (χ1n) is 8.28. The van der Waals surface area contributed by atoms with Crippen molar-refractivity contribution in [1.29, 1.82) is 0 Å². The van der Waals surface area contributed by atoms with Gasteiger partial charge in [0.2, 0.25) is 0 Å². The third-order valence-corrected chi connectivity index (χ3v) is 4.75. The predicted molar refractivity (Wildman–Crippen MR) is 87.9 cm³/mol. The monoisotopic (exact) mass is 325 g/mol. The second-order valence-electron chi connectivity index (χ2n) is 6.26. The molecular formula is C18H19N3O3. The van der Waals surface area contributed by atoms with Gasteiger partial charge in [0.05, 0.1) is 13.2 Å². The highest BCUT2D eigenvalue weighted by atomic mass is 16.5. The van der Waals surface area contributed by atoms with Gasteiger partial charge in [0.15, 0.2) is 0 Å². The van der Waals surface area contributed by atoms with Gasteiger partial charge in [0.1, 0.15) is 11.7 Å². The van der Waals surface area contributed by atoms with Gasteiger partial charge in [-0.15, -0.1) is 0 Å². The molecular weight excluding hydrogens is 306 g/mol. The Morgan fingerprint density at radius 3 is 2.96 bits per heavy atom. The number of aryl methyl sites for hydroxylation is 2. The molecule has 0 saturated carbocycles. The van der Waals surface area contributed by atoms with Crippen molar-refractivity contribution in [3.05, 3.63) is 63.3 Å². The summed E-state index contributed by atoms with van der Waals surface area (Å²) in [6.45, 7) is 1.40. The van der Waals surface area contributed by atoms with Gasteiger partial charge >= 0.3 is 0 Å². The number of carbonyl (C=O) groups is 1. The summed E-state index contributed by atoms with van der Waals surface area (Å²) in [6, 6.07) is 5.56. The van der Waals surface area contributed by atoms with Crippen molar-refractivity contribution in [3.63, 3.8) is 0 Å². The minimum atomic E-state index is -0.285. The van der Waals surface area contributed by atoms with Crippen molar-refractivity contribution in [3.8, 4) is 0 Å². The van der Waals surface area contributed by atoms with E-state index in [9.17, 15) is 9.59 Å². The normalized spacial score (nSPS) is 20.0. The molecule has 2 aromatic rings. The third kappa shape index (κ3) is 2.73. The fourth-order valence-electron chi connectivity index (χ4n) is 3.46. The third-order valence-electron chi connectivity index (χ3n) is 4.75. The first-order valence-corrected chi connectivity index (χ1v) is 8.28. The molecule has 1 atom stereocenters. The average Bonchev–Trinajstić information content (AvgIpc) is 3.08. The van der Waals surface area contributed by atoms with E-state index in [0.29, 0.717) is 19.7 Å². The van der Waals surface area contributed by atoms with E-state index >= 15 is 0 Å². The molecule has 0 bridgehead atoms. The maximum atomic E-state index is 12.8. The highest BCUT2D eigenvalue weighted by molar-refractivity contribution is 5.94. The first-order chi connectivity index (χ1) is 11.7. The van der Waals surface area contributed by atoms with Crippen molar-refractivity contribution in [1.82, 2.24) is 14.9 Å². The molecule has 2 aromatic heterocycles. The number of nitrogens with zero attached hydrogens (tertiary/aromatic N) is 2. The Morgan fingerprint density at radius 1 is 1.29 bits per heavy atom. The zero-order chi connectivity index (χ0) is 16.5. The van der Waals surface area contributed by atoms with Gasteiger partial charge in [-0.05, 0) is 48.6 Å². The number of morpholine rings is 1. The molecule has 4 rings (SSSR count). The van der Waals surface area contributed by atoms with Gasteiger partial charge in [-0.2, -0.15) is 0 Å². The number of nitrogens with one attached hydrogen (secondary N) is 1. The summed E-state index contributed by atoms with van der Waals surface area (Å²) in [6.07, 6.45) is 6.09. The maximum absolute atomic E-state index is 12.8. The second kappa shape index (κ2) is 6.20. The lowest BCUT2D eigenvalue weighted by Crippen LogP contribution is -2.44. The topological polar surface area (TPSA) is 75.3 Å². The largest absolute Gasteiger partial charge is 0.370 e. The van der Waals surface area contributed by atoms with Gasteiger partial charge < -0.3 is 14.6 Å². The number of ether oxygens (including phenoxy) is 1. The zero-order valence-electron chi connectivity index (χ0n) is 13.3. The summed E-state index contributed by atoms with van der Waals surface area (Å²) in [5.41, 5.74) is 3.02. The highest BCUT2D eigenvalue weighted by Gasteiger charge is 2.28. The standard InChI is InChI=1S/C18H19N3O3/c22-17-14(10-13-2-1-3-15(13)20-17)18(23)21-8-9-24-16(11-21)12-4-6-19-7-5-12/h4-7,10,16H,1-3,8-9,11H2,(H,20,22)/t16-/m0/s1. The van der Waals surface area contributed by atoms with Crippen LogP contribution in [0.1, 0.15) is 39.7 Å². The summed E-state index contributed by atoms with van der Waals surface area (Å²) >= 11 is 0. The number of H-pyrrole nitrogens is 1. The summed E-state index contributed by atoms with van der Waals surface area (Å²) in [5.74, 6) is -0.215. The fourth-order valence-corrected chi connectivity index (χ4v) is 3.46. The Bertz CT molecular complexity index is 816. The minimum absolute atomic E-state index is 0.181. The van der Waals surface area contributed by atoms with E-state index < -0.39 is 0 Å². The number of fused-ring (bicyclic) bond motifs is 1. The molecule has 1 aliphatic carbocycles. The molecule has 124 valence electrons. The Kier molecular flexibility index (Phi) is 3.90. The summed E-state index contributed by atoms with van der Waals surface area (Å²) in [4.78, 5) is 33.7. The Labute approximate surface area is 139 Å². The molecule has 0 spiro atoms. The van der Waals surface area contributed by atoms with Gasteiger partial charge in [-0.3, -0.25) is 14.6 Å². The fraction of sp³-hybridized carbons (Fsp3) is 0.389. The van der Waals surface area contributed by atoms with E-state index in [0.717, 1.165) is 36.1 Å². The quantitative estimate of drug-likeness (QED) is 0.907. The van der Waals surface area contributed by atoms with E-state index in [-0.39, 0.29) is 23.1 Å². The van der Waals surface area contributed by atoms with Crippen molar-refractivity contribution in [2.75, 3.05) is 19.7 Å². The van der Waals surface area contributed by atoms with Crippen molar-refractivity contribution in [2.24, 2.45) is 0 Å². The number of aromatic amines is 1. The summed E-state index contributed by atoms with van der Waals surface area (Å²) in [5, 5.41) is 0. The molecule has 2 aliphatic rings. The van der Waals surface area contributed by atoms with Crippen LogP contribution in [0.2, 0.25) is 0 Å². The SMILES string of the molecule is O=C(c1cc2c([nH]c1=O)CCC2)N1CCO[C@H](c2ccncc2)C1. The van der Waals surface area contributed by atoms with E-state index in [1.54, 1.807) is 23.4 Å². The molecule has 1 saturated heterocycles. The van der Waals surface area contributed by atoms with Crippen LogP contribution in [-0.2, 0) is 17.6 Å². The molecule has 1 fully saturated rings. The Balaban J connectivity index is 1.57. The van der Waals surface area contributed by atoms with Crippen LogP contribution in [0, 0.1) is 0 Å². The van der Waals surface area contributed by atoms with Crippen molar-refractivity contribution in [2.45, 2.75) is 25.4 Å². The van der Waals surface area contributed by atoms with E-state index in [2.05, 4.69) is 9.97 Å². The molecule has 0 aromatic carbocycles. The Hall–Kier alpha value is -2.47. The first kappa shape index (κ1) is 15.1. The lowest BCUT2D eigenvalue weighted by Gasteiger charge is -2.33. The smallest absolute Gasteiger partial charge is 0.261 e. The number of pyridine rings is 2. The van der Waals surface area contributed by atoms with E-state index in [1.165, 1.54) is 0 Å². The van der Waals surface area contributed by atoms with E-state index in [1.807, 2.05) is 12.1 Å². The molecule has 0 radical (unpaired) electrons. The molecule has 6 nitrogen and oxygen atoms in total. The molecule has 3 heterocycles. The molecule has 1 aliphatic heterocycles. The molecule has 1 N–H and O–H groups in total. The predicted octanol–water partition coefficient (Wildman–Crippen LogP) is 1.47. The maximum Gasteiger partial charge on any atom is 0.261 e. The van der Waals surface area contributed by atoms with Crippen molar-refractivity contribution >= 4 is 5.91 Å². The van der Waals surface area contributed by atoms with Crippen LogP contribution in [0.25, 0.3) is 0 Å². The molecule has 0 unspecified atom stereocenters. The highest BCUT2D eigenvalue weighted by Crippen LogP contribution is 2.23. The van der Waals surface area contributed by atoms with Gasteiger partial charge in [0, 0.05) is 24.6 Å². The molecule has 6 heteroatoms. The van der Waals surface area contributed by atoms with Crippen LogP contribution in [0.5, 0.6) is 0 Å². The van der Waals surface area contributed by atoms with Crippen LogP contribution < -0.4 is 5.56 Å². The lowest BCUT2D eigenvalue weighted by molar-refractivity contribution is -0.0229. The van der Waals surface area contributed by atoms with Gasteiger partial charge in [-0.25, -0.2) is 0 Å². The summed E-state index contributed by atoms with van der Waals surface area (Å²) < 4.78 is 5.78. The summed E-state index contributed by atoms with van der Waals surface area (Å²) in [7, 11) is 0. The van der Waals surface area contributed by atoms with Gasteiger partial charge in [-0.1, -0.05) is 0 Å². The molecule has 1 amide bonds. The van der Waals surface area contributed by atoms with E-state index in [4.69, 9.17) is 4.74 Å². The Morgan fingerprint density at radius 2 is 2.12 bits per heavy atom. The number of hydrogen-bond donors (Lipinski definition) is 1. The van der Waals surface area contributed by atoms with Crippen LogP contribution in [-0.4, -0.2) is 40.5 Å². The van der Waals surface area contributed by atoms with Crippen LogP contribution >= 0.6 is 0 Å². The van der Waals surface area contributed by atoms with Gasteiger partial charge in [0.25, 0.3) is 11.5 Å². The number of amides is 1. The minimum Gasteiger partial charge on any atom is -0.370 e. The second-order valence-corrected chi connectivity index (χ2v) is 6.26. The number of carbonyl (C=O) groups excluding carboxylic acids is 1. The number of hydrogen-bond acceptors (Lipinski definition) is 4. The lowest BCUT2D eigenvalue weighted by atomic mass is 10.1.